The van der Waals surface area contributed by atoms with Gasteiger partial charge < -0.3 is 9.84 Å². The minimum absolute atomic E-state index is 0.132. The van der Waals surface area contributed by atoms with Crippen molar-refractivity contribution in [1.29, 1.82) is 0 Å². The fourth-order valence-corrected chi connectivity index (χ4v) is 3.12. The highest BCUT2D eigenvalue weighted by Gasteiger charge is 2.09. The van der Waals surface area contributed by atoms with Crippen LogP contribution in [0.2, 0.25) is 0 Å². The van der Waals surface area contributed by atoms with Crippen molar-refractivity contribution < 1.29 is 9.32 Å². The van der Waals surface area contributed by atoms with Crippen LogP contribution in [-0.4, -0.2) is 21.8 Å². The number of aryl methyl sites for hydroxylation is 3. The monoisotopic (exact) mass is 327 g/mol. The Morgan fingerprint density at radius 3 is 2.78 bits per heavy atom. The number of amides is 1. The van der Waals surface area contributed by atoms with Crippen LogP contribution in [-0.2, 0) is 4.79 Å². The van der Waals surface area contributed by atoms with Gasteiger partial charge in [-0.1, -0.05) is 35.1 Å². The molecule has 0 atom stereocenters. The van der Waals surface area contributed by atoms with Gasteiger partial charge in [0.1, 0.15) is 5.76 Å². The molecule has 118 valence electrons. The first-order valence-corrected chi connectivity index (χ1v) is 8.24. The molecule has 0 bridgehead atoms. The van der Waals surface area contributed by atoms with Gasteiger partial charge in [-0.3, -0.25) is 4.79 Å². The lowest BCUT2D eigenvalue weighted by atomic mass is 10.1. The van der Waals surface area contributed by atoms with E-state index in [1.54, 1.807) is 13.0 Å². The van der Waals surface area contributed by atoms with Crippen LogP contribution in [0.4, 0.5) is 5.82 Å². The summed E-state index contributed by atoms with van der Waals surface area (Å²) in [6.07, 6.45) is 0. The van der Waals surface area contributed by atoms with Gasteiger partial charge >= 0.3 is 0 Å². The van der Waals surface area contributed by atoms with E-state index in [0.29, 0.717) is 11.6 Å². The molecule has 0 saturated carbocycles. The molecule has 3 rings (SSSR count). The molecule has 0 saturated heterocycles. The summed E-state index contributed by atoms with van der Waals surface area (Å²) in [6, 6.07) is 9.85. The molecule has 0 unspecified atom stereocenters. The van der Waals surface area contributed by atoms with E-state index in [0.717, 1.165) is 27.1 Å². The number of aromatic nitrogens is 2. The zero-order chi connectivity index (χ0) is 16.4. The second kappa shape index (κ2) is 6.42. The quantitative estimate of drug-likeness (QED) is 0.737. The normalized spacial score (nSPS) is 10.9. The maximum atomic E-state index is 12.0. The highest BCUT2D eigenvalue weighted by Crippen LogP contribution is 2.25. The molecule has 5 nitrogen and oxygen atoms in total. The summed E-state index contributed by atoms with van der Waals surface area (Å²) in [5, 5.41) is 8.44. The van der Waals surface area contributed by atoms with E-state index in [4.69, 9.17) is 4.52 Å². The molecule has 0 spiro atoms. The van der Waals surface area contributed by atoms with Crippen LogP contribution >= 0.6 is 11.8 Å². The summed E-state index contributed by atoms with van der Waals surface area (Å²) >= 11 is 1.41. The van der Waals surface area contributed by atoms with Gasteiger partial charge in [0.15, 0.2) is 5.82 Å². The molecule has 0 aliphatic heterocycles. The van der Waals surface area contributed by atoms with Crippen molar-refractivity contribution in [3.05, 3.63) is 47.2 Å². The predicted molar refractivity (Wildman–Crippen MR) is 91.8 cm³/mol. The number of nitrogens with zero attached hydrogens (tertiary/aromatic N) is 2. The van der Waals surface area contributed by atoms with Gasteiger partial charge in [-0.2, -0.15) is 0 Å². The third-order valence-electron chi connectivity index (χ3n) is 3.47. The molecule has 2 heterocycles. The minimum atomic E-state index is -0.132. The van der Waals surface area contributed by atoms with Crippen LogP contribution < -0.4 is 5.32 Å². The number of carbonyl (C=O) groups is 1. The molecule has 2 aromatic heterocycles. The Bertz CT molecular complexity index is 873. The number of pyridine rings is 1. The standard InChI is InChI=1S/C17H17N3O2S/c1-10-5-4-6-13-11(2)7-16(19-17(10)13)23-9-15(21)18-14-8-12(3)22-20-14/h4-8H,9H2,1-3H3,(H,18,20,21). The van der Waals surface area contributed by atoms with Crippen LogP contribution in [0.5, 0.6) is 0 Å². The summed E-state index contributed by atoms with van der Waals surface area (Å²) in [5.41, 5.74) is 3.28. The largest absolute Gasteiger partial charge is 0.360 e. The number of benzene rings is 1. The number of thioether (sulfide) groups is 1. The summed E-state index contributed by atoms with van der Waals surface area (Å²) in [5.74, 6) is 1.24. The molecule has 0 radical (unpaired) electrons. The zero-order valence-corrected chi connectivity index (χ0v) is 14.0. The predicted octanol–water partition coefficient (Wildman–Crippen LogP) is 3.88. The minimum Gasteiger partial charge on any atom is -0.360 e. The zero-order valence-electron chi connectivity index (χ0n) is 13.2. The number of rotatable bonds is 4. The average molecular weight is 327 g/mol. The van der Waals surface area contributed by atoms with Crippen LogP contribution in [0.25, 0.3) is 10.9 Å². The van der Waals surface area contributed by atoms with Crippen molar-refractivity contribution in [1.82, 2.24) is 10.1 Å². The van der Waals surface area contributed by atoms with Crippen molar-refractivity contribution in [2.45, 2.75) is 25.8 Å². The van der Waals surface area contributed by atoms with Gasteiger partial charge in [-0.15, -0.1) is 0 Å². The summed E-state index contributed by atoms with van der Waals surface area (Å²) in [7, 11) is 0. The average Bonchev–Trinajstić information content (AvgIpc) is 2.91. The third-order valence-corrected chi connectivity index (χ3v) is 4.38. The van der Waals surface area contributed by atoms with Gasteiger partial charge in [0.2, 0.25) is 5.91 Å². The Morgan fingerprint density at radius 2 is 2.04 bits per heavy atom. The van der Waals surface area contributed by atoms with E-state index in [9.17, 15) is 4.79 Å². The number of carbonyl (C=O) groups excluding carboxylic acids is 1. The third kappa shape index (κ3) is 3.53. The Balaban J connectivity index is 1.72. The Hall–Kier alpha value is -2.34. The first-order chi connectivity index (χ1) is 11.0. The van der Waals surface area contributed by atoms with Crippen molar-refractivity contribution in [3.8, 4) is 0 Å². The number of fused-ring (bicyclic) bond motifs is 1. The molecule has 0 aliphatic rings. The Morgan fingerprint density at radius 1 is 1.22 bits per heavy atom. The lowest BCUT2D eigenvalue weighted by Crippen LogP contribution is -2.14. The number of para-hydroxylation sites is 1. The number of hydrogen-bond acceptors (Lipinski definition) is 5. The van der Waals surface area contributed by atoms with E-state index in [-0.39, 0.29) is 11.7 Å². The molecular formula is C17H17N3O2S. The van der Waals surface area contributed by atoms with Crippen LogP contribution in [0, 0.1) is 20.8 Å². The summed E-state index contributed by atoms with van der Waals surface area (Å²) < 4.78 is 4.92. The molecular weight excluding hydrogens is 310 g/mol. The fourth-order valence-electron chi connectivity index (χ4n) is 2.35. The molecule has 0 fully saturated rings. The summed E-state index contributed by atoms with van der Waals surface area (Å²) in [6.45, 7) is 5.89. The molecule has 3 aromatic rings. The maximum Gasteiger partial charge on any atom is 0.236 e. The number of hydrogen-bond donors (Lipinski definition) is 1. The molecule has 0 aliphatic carbocycles. The molecule has 1 N–H and O–H groups in total. The molecule has 23 heavy (non-hydrogen) atoms. The van der Waals surface area contributed by atoms with Crippen LogP contribution in [0.1, 0.15) is 16.9 Å². The van der Waals surface area contributed by atoms with E-state index in [1.165, 1.54) is 11.8 Å². The lowest BCUT2D eigenvalue weighted by molar-refractivity contribution is -0.113. The van der Waals surface area contributed by atoms with Crippen molar-refractivity contribution in [2.75, 3.05) is 11.1 Å². The molecule has 6 heteroatoms. The van der Waals surface area contributed by atoms with Crippen molar-refractivity contribution >= 4 is 34.4 Å². The first-order valence-electron chi connectivity index (χ1n) is 7.26. The van der Waals surface area contributed by atoms with Gasteiger partial charge in [0.25, 0.3) is 0 Å². The summed E-state index contributed by atoms with van der Waals surface area (Å²) in [4.78, 5) is 16.6. The first kappa shape index (κ1) is 15.6. The van der Waals surface area contributed by atoms with Gasteiger partial charge in [0.05, 0.1) is 16.3 Å². The van der Waals surface area contributed by atoms with Gasteiger partial charge in [-0.05, 0) is 38.0 Å². The smallest absolute Gasteiger partial charge is 0.236 e. The van der Waals surface area contributed by atoms with Crippen LogP contribution in [0.15, 0.2) is 39.9 Å². The molecule has 1 aromatic carbocycles. The second-order valence-corrected chi connectivity index (χ2v) is 6.40. The topological polar surface area (TPSA) is 68.0 Å². The maximum absolute atomic E-state index is 12.0. The lowest BCUT2D eigenvalue weighted by Gasteiger charge is -2.08. The highest BCUT2D eigenvalue weighted by molar-refractivity contribution is 7.99. The number of nitrogens with one attached hydrogen (secondary N) is 1. The van der Waals surface area contributed by atoms with Gasteiger partial charge in [0, 0.05) is 11.5 Å². The Kier molecular flexibility index (Phi) is 4.34. The molecule has 1 amide bonds. The fraction of sp³-hybridized carbons (Fsp3) is 0.235. The van der Waals surface area contributed by atoms with Crippen molar-refractivity contribution in [2.24, 2.45) is 0 Å². The van der Waals surface area contributed by atoms with Crippen LogP contribution in [0.3, 0.4) is 0 Å². The van der Waals surface area contributed by atoms with E-state index in [2.05, 4.69) is 28.4 Å². The second-order valence-electron chi connectivity index (χ2n) is 5.41. The number of anilines is 1. The highest BCUT2D eigenvalue weighted by atomic mass is 32.2. The van der Waals surface area contributed by atoms with E-state index < -0.39 is 0 Å². The van der Waals surface area contributed by atoms with Gasteiger partial charge in [-0.25, -0.2) is 4.98 Å². The Labute approximate surface area is 138 Å². The van der Waals surface area contributed by atoms with Crippen molar-refractivity contribution in [3.63, 3.8) is 0 Å². The van der Waals surface area contributed by atoms with E-state index >= 15 is 0 Å². The van der Waals surface area contributed by atoms with E-state index in [1.807, 2.05) is 25.1 Å². The SMILES string of the molecule is Cc1cc(NC(=O)CSc2cc(C)c3cccc(C)c3n2)no1.